The maximum atomic E-state index is 10.8. The second kappa shape index (κ2) is 5.44. The van der Waals surface area contributed by atoms with Crippen LogP contribution in [0.15, 0.2) is 11.1 Å². The van der Waals surface area contributed by atoms with Crippen LogP contribution in [0.1, 0.15) is 20.3 Å². The van der Waals surface area contributed by atoms with Crippen molar-refractivity contribution in [1.82, 2.24) is 0 Å². The van der Waals surface area contributed by atoms with Gasteiger partial charge < -0.3 is 4.29 Å². The summed E-state index contributed by atoms with van der Waals surface area (Å²) in [6.07, 6.45) is 0.578. The zero-order chi connectivity index (χ0) is 8.85. The van der Waals surface area contributed by atoms with Crippen molar-refractivity contribution in [2.24, 2.45) is 5.92 Å². The van der Waals surface area contributed by atoms with E-state index in [2.05, 4.69) is 4.29 Å². The molecule has 0 saturated heterocycles. The molecule has 0 heterocycles. The third kappa shape index (κ3) is 4.27. The average molecular weight is 197 g/mol. The third-order valence-electron chi connectivity index (χ3n) is 1.09. The summed E-state index contributed by atoms with van der Waals surface area (Å²) in [4.78, 5) is 10.8. The van der Waals surface area contributed by atoms with Crippen LogP contribution in [0.25, 0.3) is 0 Å². The van der Waals surface area contributed by atoms with Crippen molar-refractivity contribution in [2.45, 2.75) is 20.3 Å². The lowest BCUT2D eigenvalue weighted by Gasteiger charge is -2.04. The highest BCUT2D eigenvalue weighted by atomic mass is 35.5. The molecule has 0 aliphatic rings. The fourth-order valence-corrected chi connectivity index (χ4v) is 0.939. The van der Waals surface area contributed by atoms with Gasteiger partial charge in [-0.3, -0.25) is 0 Å². The minimum atomic E-state index is -0.574. The van der Waals surface area contributed by atoms with Crippen LogP contribution in [0.3, 0.4) is 0 Å². The van der Waals surface area contributed by atoms with Crippen LogP contribution in [-0.4, -0.2) is 5.97 Å². The highest BCUT2D eigenvalue weighted by Crippen LogP contribution is 2.13. The Morgan fingerprint density at radius 3 is 2.45 bits per heavy atom. The summed E-state index contributed by atoms with van der Waals surface area (Å²) in [6, 6.07) is 0. The van der Waals surface area contributed by atoms with Crippen LogP contribution < -0.4 is 0 Å². The number of carbonyl (C=O) groups excluding carboxylic acids is 1. The molecule has 0 rings (SSSR count). The highest BCUT2D eigenvalue weighted by Gasteiger charge is 2.11. The van der Waals surface area contributed by atoms with E-state index in [0.29, 0.717) is 17.9 Å². The lowest BCUT2D eigenvalue weighted by atomic mass is 10.1. The number of carbonyl (C=O) groups is 1. The first-order valence-electron chi connectivity index (χ1n) is 3.24. The maximum absolute atomic E-state index is 10.8. The van der Waals surface area contributed by atoms with Crippen molar-refractivity contribution in [1.29, 1.82) is 0 Å². The molecule has 0 aromatic rings. The molecule has 4 heteroatoms. The lowest BCUT2D eigenvalue weighted by Crippen LogP contribution is -2.04. The highest BCUT2D eigenvalue weighted by molar-refractivity contribution is 6.28. The first-order chi connectivity index (χ1) is 5.11. The molecule has 0 aromatic carbocycles. The van der Waals surface area contributed by atoms with Crippen molar-refractivity contribution in [3.63, 3.8) is 0 Å². The van der Waals surface area contributed by atoms with Gasteiger partial charge in [-0.15, -0.1) is 0 Å². The van der Waals surface area contributed by atoms with Crippen molar-refractivity contribution >= 4 is 29.4 Å². The minimum absolute atomic E-state index is 0.357. The molecule has 64 valence electrons. The van der Waals surface area contributed by atoms with Gasteiger partial charge in [-0.2, -0.15) is 0 Å². The molecule has 0 spiro atoms. The largest absolute Gasteiger partial charge is 0.353 e. The zero-order valence-corrected chi connectivity index (χ0v) is 7.95. The van der Waals surface area contributed by atoms with Crippen molar-refractivity contribution in [2.75, 3.05) is 0 Å². The first kappa shape index (κ1) is 10.8. The van der Waals surface area contributed by atoms with Crippen LogP contribution >= 0.6 is 23.5 Å². The Morgan fingerprint density at radius 1 is 1.64 bits per heavy atom. The molecule has 11 heavy (non-hydrogen) atoms. The molecule has 0 aliphatic carbocycles. The Labute approximate surface area is 76.3 Å². The number of hydrogen-bond donors (Lipinski definition) is 0. The number of halogens is 2. The van der Waals surface area contributed by atoms with E-state index in [4.69, 9.17) is 23.5 Å². The third-order valence-corrected chi connectivity index (χ3v) is 1.50. The monoisotopic (exact) mass is 196 g/mol. The Balaban J connectivity index is 4.09. The molecule has 0 atom stereocenters. The molecule has 0 fully saturated rings. The van der Waals surface area contributed by atoms with Crippen molar-refractivity contribution in [3.8, 4) is 0 Å². The summed E-state index contributed by atoms with van der Waals surface area (Å²) in [5.74, 6) is -0.217. The van der Waals surface area contributed by atoms with Crippen molar-refractivity contribution in [3.05, 3.63) is 11.1 Å². The predicted octanol–water partition coefficient (Wildman–Crippen LogP) is 2.85. The Bertz CT molecular complexity index is 164. The van der Waals surface area contributed by atoms with Crippen LogP contribution in [-0.2, 0) is 9.08 Å². The van der Waals surface area contributed by atoms with Crippen LogP contribution in [0, 0.1) is 5.92 Å². The zero-order valence-electron chi connectivity index (χ0n) is 6.43. The summed E-state index contributed by atoms with van der Waals surface area (Å²) in [6.45, 7) is 3.95. The van der Waals surface area contributed by atoms with Gasteiger partial charge in [0.2, 0.25) is 0 Å². The van der Waals surface area contributed by atoms with Crippen LogP contribution in [0.2, 0.25) is 0 Å². The summed E-state index contributed by atoms with van der Waals surface area (Å²) in [5.41, 5.74) is 1.60. The van der Waals surface area contributed by atoms with Gasteiger partial charge in [-0.25, -0.2) is 4.79 Å². The van der Waals surface area contributed by atoms with Gasteiger partial charge in [-0.1, -0.05) is 25.4 Å². The maximum Gasteiger partial charge on any atom is 0.353 e. The standard InChI is InChI=1S/C7H10Cl2O2/c1-5(2)3-6(4-8)7(10)11-9/h4-5H,3H2,1-2H3. The second-order valence-electron chi connectivity index (χ2n) is 2.60. The molecule has 2 nitrogen and oxygen atoms in total. The van der Waals surface area contributed by atoms with E-state index in [1.54, 1.807) is 0 Å². The molecule has 0 bridgehead atoms. The predicted molar refractivity (Wildman–Crippen MR) is 45.3 cm³/mol. The molecular formula is C7H10Cl2O2. The SMILES string of the molecule is CC(C)CC(=CCl)C(=O)OCl. The fraction of sp³-hybridized carbons (Fsp3) is 0.571. The Hall–Kier alpha value is -0.210. The normalized spacial score (nSPS) is 11.9. The molecule has 0 aromatic heterocycles. The fourth-order valence-electron chi connectivity index (χ4n) is 0.662. The molecule has 0 radical (unpaired) electrons. The summed E-state index contributed by atoms with van der Waals surface area (Å²) in [5, 5.41) is 0. The Morgan fingerprint density at radius 2 is 2.18 bits per heavy atom. The van der Waals surface area contributed by atoms with E-state index in [-0.39, 0.29) is 0 Å². The van der Waals surface area contributed by atoms with E-state index in [0.717, 1.165) is 0 Å². The molecule has 0 aliphatic heterocycles. The van der Waals surface area contributed by atoms with Gasteiger partial charge in [0.15, 0.2) is 0 Å². The van der Waals surface area contributed by atoms with E-state index < -0.39 is 5.97 Å². The Kier molecular flexibility index (Phi) is 5.34. The molecular weight excluding hydrogens is 187 g/mol. The van der Waals surface area contributed by atoms with Gasteiger partial charge in [0.25, 0.3) is 0 Å². The van der Waals surface area contributed by atoms with Crippen LogP contribution in [0.5, 0.6) is 0 Å². The second-order valence-corrected chi connectivity index (χ2v) is 2.97. The van der Waals surface area contributed by atoms with E-state index in [9.17, 15) is 4.79 Å². The van der Waals surface area contributed by atoms with Gasteiger partial charge in [-0.05, 0) is 12.3 Å². The van der Waals surface area contributed by atoms with Crippen molar-refractivity contribution < 1.29 is 9.08 Å². The lowest BCUT2D eigenvalue weighted by molar-refractivity contribution is -0.129. The van der Waals surface area contributed by atoms with Gasteiger partial charge >= 0.3 is 5.97 Å². The molecule has 0 unspecified atom stereocenters. The smallest absolute Gasteiger partial charge is 0.343 e. The average Bonchev–Trinajstić information content (AvgIpc) is 1.98. The van der Waals surface area contributed by atoms with Gasteiger partial charge in [0.05, 0.1) is 5.57 Å². The van der Waals surface area contributed by atoms with E-state index in [1.807, 2.05) is 13.8 Å². The quantitative estimate of drug-likeness (QED) is 0.650. The van der Waals surface area contributed by atoms with Gasteiger partial charge in [0.1, 0.15) is 11.9 Å². The summed E-state index contributed by atoms with van der Waals surface area (Å²) < 4.78 is 3.98. The molecule has 0 N–H and O–H groups in total. The summed E-state index contributed by atoms with van der Waals surface area (Å²) >= 11 is 10.2. The first-order valence-corrected chi connectivity index (χ1v) is 3.98. The minimum Gasteiger partial charge on any atom is -0.343 e. The van der Waals surface area contributed by atoms with E-state index >= 15 is 0 Å². The number of rotatable bonds is 3. The summed E-state index contributed by atoms with van der Waals surface area (Å²) in [7, 11) is 0. The van der Waals surface area contributed by atoms with Crippen LogP contribution in [0.4, 0.5) is 0 Å². The van der Waals surface area contributed by atoms with E-state index in [1.165, 1.54) is 5.54 Å². The number of hydrogen-bond acceptors (Lipinski definition) is 2. The van der Waals surface area contributed by atoms with Gasteiger partial charge in [0, 0.05) is 5.54 Å². The molecule has 0 amide bonds. The molecule has 0 saturated carbocycles. The topological polar surface area (TPSA) is 26.3 Å².